The zero-order valence-corrected chi connectivity index (χ0v) is 9.67. The molecule has 1 aliphatic heterocycles. The smallest absolute Gasteiger partial charge is 0.380 e. The highest BCUT2D eigenvalue weighted by atomic mass is 19.3. The van der Waals surface area contributed by atoms with Crippen LogP contribution in [-0.2, 0) is 9.53 Å². The summed E-state index contributed by atoms with van der Waals surface area (Å²) in [6, 6.07) is -0.190. The predicted molar refractivity (Wildman–Crippen MR) is 53.2 cm³/mol. The Balaban J connectivity index is 2.86. The highest BCUT2D eigenvalue weighted by molar-refractivity contribution is 5.79. The summed E-state index contributed by atoms with van der Waals surface area (Å²) in [5.74, 6) is -5.51. The molecule has 1 aliphatic rings. The van der Waals surface area contributed by atoms with E-state index in [-0.39, 0.29) is 25.6 Å². The molecule has 2 unspecified atom stereocenters. The van der Waals surface area contributed by atoms with Gasteiger partial charge in [-0.2, -0.15) is 8.78 Å². The van der Waals surface area contributed by atoms with Gasteiger partial charge in [-0.25, -0.2) is 4.79 Å². The van der Waals surface area contributed by atoms with Crippen molar-refractivity contribution < 1.29 is 23.4 Å². The SMILES string of the molecule is CCOC(=O)C(F)(F)C1(O)CC(C)N(C)C1. The molecule has 16 heavy (non-hydrogen) atoms. The van der Waals surface area contributed by atoms with Gasteiger partial charge in [0.2, 0.25) is 0 Å². The normalized spacial score (nSPS) is 31.8. The first-order chi connectivity index (χ1) is 7.24. The van der Waals surface area contributed by atoms with Crippen molar-refractivity contribution in [3.8, 4) is 0 Å². The monoisotopic (exact) mass is 237 g/mol. The molecular formula is C10H17F2NO3. The Morgan fingerprint density at radius 1 is 1.69 bits per heavy atom. The van der Waals surface area contributed by atoms with E-state index in [1.165, 1.54) is 6.92 Å². The number of aliphatic hydroxyl groups is 1. The van der Waals surface area contributed by atoms with Crippen LogP contribution in [0.25, 0.3) is 0 Å². The van der Waals surface area contributed by atoms with E-state index in [4.69, 9.17) is 0 Å². The summed E-state index contributed by atoms with van der Waals surface area (Å²) in [5.41, 5.74) is -2.33. The lowest BCUT2D eigenvalue weighted by atomic mass is 9.93. The topological polar surface area (TPSA) is 49.8 Å². The van der Waals surface area contributed by atoms with Crippen LogP contribution in [0, 0.1) is 0 Å². The van der Waals surface area contributed by atoms with Gasteiger partial charge in [0.15, 0.2) is 5.60 Å². The van der Waals surface area contributed by atoms with Gasteiger partial charge in [0.05, 0.1) is 6.61 Å². The number of carbonyl (C=O) groups excluding carboxylic acids is 1. The Labute approximate surface area is 93.2 Å². The number of carbonyl (C=O) groups is 1. The van der Waals surface area contributed by atoms with Crippen molar-refractivity contribution in [1.29, 1.82) is 0 Å². The Bertz CT molecular complexity index is 273. The van der Waals surface area contributed by atoms with E-state index < -0.39 is 17.5 Å². The van der Waals surface area contributed by atoms with Crippen molar-refractivity contribution in [2.75, 3.05) is 20.2 Å². The highest BCUT2D eigenvalue weighted by Crippen LogP contribution is 2.39. The minimum absolute atomic E-state index is 0.129. The van der Waals surface area contributed by atoms with Crippen molar-refractivity contribution in [3.63, 3.8) is 0 Å². The number of nitrogens with zero attached hydrogens (tertiary/aromatic N) is 1. The molecule has 0 aliphatic carbocycles. The number of ether oxygens (including phenoxy) is 1. The molecule has 4 nitrogen and oxygen atoms in total. The number of hydrogen-bond donors (Lipinski definition) is 1. The Kier molecular flexibility index (Phi) is 3.54. The van der Waals surface area contributed by atoms with E-state index in [1.54, 1.807) is 18.9 Å². The molecule has 0 amide bonds. The van der Waals surface area contributed by atoms with Crippen LogP contribution in [0.2, 0.25) is 0 Å². The molecule has 0 saturated carbocycles. The fourth-order valence-electron chi connectivity index (χ4n) is 1.92. The molecule has 1 fully saturated rings. The molecule has 1 rings (SSSR count). The third-order valence-corrected chi connectivity index (χ3v) is 3.01. The average Bonchev–Trinajstić information content (AvgIpc) is 2.42. The van der Waals surface area contributed by atoms with Crippen LogP contribution in [0.1, 0.15) is 20.3 Å². The van der Waals surface area contributed by atoms with Crippen LogP contribution >= 0.6 is 0 Å². The molecule has 0 aromatic carbocycles. The number of hydrogen-bond acceptors (Lipinski definition) is 4. The number of esters is 1. The summed E-state index contributed by atoms with van der Waals surface area (Å²) in [7, 11) is 1.63. The van der Waals surface area contributed by atoms with E-state index in [9.17, 15) is 18.7 Å². The molecule has 94 valence electrons. The van der Waals surface area contributed by atoms with E-state index in [0.717, 1.165) is 0 Å². The van der Waals surface area contributed by atoms with Gasteiger partial charge in [-0.1, -0.05) is 0 Å². The van der Waals surface area contributed by atoms with Crippen molar-refractivity contribution in [2.24, 2.45) is 0 Å². The third-order valence-electron chi connectivity index (χ3n) is 3.01. The quantitative estimate of drug-likeness (QED) is 0.732. The van der Waals surface area contributed by atoms with Gasteiger partial charge in [-0.3, -0.25) is 0 Å². The first-order valence-corrected chi connectivity index (χ1v) is 5.22. The number of rotatable bonds is 3. The van der Waals surface area contributed by atoms with Gasteiger partial charge in [-0.05, 0) is 27.3 Å². The molecule has 0 radical (unpaired) electrons. The second-order valence-corrected chi connectivity index (χ2v) is 4.29. The lowest BCUT2D eigenvalue weighted by Crippen LogP contribution is -2.55. The highest BCUT2D eigenvalue weighted by Gasteiger charge is 2.62. The van der Waals surface area contributed by atoms with Crippen LogP contribution in [0.3, 0.4) is 0 Å². The fourth-order valence-corrected chi connectivity index (χ4v) is 1.92. The minimum Gasteiger partial charge on any atom is -0.461 e. The lowest BCUT2D eigenvalue weighted by molar-refractivity contribution is -0.210. The van der Waals surface area contributed by atoms with Gasteiger partial charge in [0.25, 0.3) is 0 Å². The number of alkyl halides is 2. The molecular weight excluding hydrogens is 220 g/mol. The standard InChI is InChI=1S/C10H17F2NO3/c1-4-16-8(14)10(11,12)9(15)5-7(2)13(3)6-9/h7,15H,4-6H2,1-3H3. The number of likely N-dealkylation sites (tertiary alicyclic amines) is 1. The largest absolute Gasteiger partial charge is 0.461 e. The van der Waals surface area contributed by atoms with Gasteiger partial charge >= 0.3 is 11.9 Å². The van der Waals surface area contributed by atoms with E-state index in [2.05, 4.69) is 4.74 Å². The van der Waals surface area contributed by atoms with Gasteiger partial charge in [-0.15, -0.1) is 0 Å². The first kappa shape index (κ1) is 13.3. The van der Waals surface area contributed by atoms with Crippen molar-refractivity contribution in [1.82, 2.24) is 4.90 Å². The van der Waals surface area contributed by atoms with Crippen LogP contribution in [0.5, 0.6) is 0 Å². The molecule has 0 aromatic heterocycles. The molecule has 1 N–H and O–H groups in total. The van der Waals surface area contributed by atoms with Crippen molar-refractivity contribution >= 4 is 5.97 Å². The van der Waals surface area contributed by atoms with Crippen molar-refractivity contribution in [3.05, 3.63) is 0 Å². The zero-order chi connectivity index (χ0) is 12.6. The van der Waals surface area contributed by atoms with E-state index in [0.29, 0.717) is 0 Å². The van der Waals surface area contributed by atoms with E-state index in [1.807, 2.05) is 0 Å². The summed E-state index contributed by atoms with van der Waals surface area (Å²) in [5, 5.41) is 9.86. The first-order valence-electron chi connectivity index (χ1n) is 5.22. The lowest BCUT2D eigenvalue weighted by Gasteiger charge is -2.29. The van der Waals surface area contributed by atoms with E-state index >= 15 is 0 Å². The second-order valence-electron chi connectivity index (χ2n) is 4.29. The predicted octanol–water partition coefficient (Wildman–Crippen LogP) is 0.640. The summed E-state index contributed by atoms with van der Waals surface area (Å²) in [6.07, 6.45) is -0.144. The summed E-state index contributed by atoms with van der Waals surface area (Å²) >= 11 is 0. The second kappa shape index (κ2) is 4.25. The van der Waals surface area contributed by atoms with Gasteiger partial charge in [0, 0.05) is 12.6 Å². The number of β-amino-alcohol motifs (C(OH)–C–C–N with tert-alkyl or cyclic N) is 1. The van der Waals surface area contributed by atoms with Crippen LogP contribution in [-0.4, -0.2) is 53.7 Å². The molecule has 1 saturated heterocycles. The van der Waals surface area contributed by atoms with Crippen LogP contribution < -0.4 is 0 Å². The van der Waals surface area contributed by atoms with Crippen molar-refractivity contribution in [2.45, 2.75) is 37.8 Å². The molecule has 1 heterocycles. The van der Waals surface area contributed by atoms with Gasteiger partial charge < -0.3 is 14.7 Å². The number of likely N-dealkylation sites (N-methyl/N-ethyl adjacent to an activating group) is 1. The van der Waals surface area contributed by atoms with Crippen LogP contribution in [0.15, 0.2) is 0 Å². The Morgan fingerprint density at radius 3 is 2.62 bits per heavy atom. The zero-order valence-electron chi connectivity index (χ0n) is 9.67. The molecule has 0 spiro atoms. The maximum Gasteiger partial charge on any atom is 0.380 e. The van der Waals surface area contributed by atoms with Gasteiger partial charge in [0.1, 0.15) is 0 Å². The summed E-state index contributed by atoms with van der Waals surface area (Å²) in [6.45, 7) is 2.80. The maximum atomic E-state index is 13.7. The number of halogens is 2. The molecule has 6 heteroatoms. The minimum atomic E-state index is -3.86. The fraction of sp³-hybridized carbons (Fsp3) is 0.900. The average molecular weight is 237 g/mol. The van der Waals surface area contributed by atoms with Crippen LogP contribution in [0.4, 0.5) is 8.78 Å². The molecule has 0 aromatic rings. The maximum absolute atomic E-state index is 13.7. The summed E-state index contributed by atoms with van der Waals surface area (Å²) in [4.78, 5) is 12.7. The third kappa shape index (κ3) is 2.04. The summed E-state index contributed by atoms with van der Waals surface area (Å²) < 4.78 is 31.7. The molecule has 2 atom stereocenters. The molecule has 0 bridgehead atoms. The Morgan fingerprint density at radius 2 is 2.25 bits per heavy atom. The Hall–Kier alpha value is -0.750.